The molecule has 1 aliphatic heterocycles. The molecule has 0 radical (unpaired) electrons. The second-order valence-corrected chi connectivity index (χ2v) is 8.07. The quantitative estimate of drug-likeness (QED) is 0.512. The highest BCUT2D eigenvalue weighted by Crippen LogP contribution is 2.24. The van der Waals surface area contributed by atoms with E-state index in [-0.39, 0.29) is 29.9 Å². The van der Waals surface area contributed by atoms with Gasteiger partial charge >= 0.3 is 5.69 Å². The van der Waals surface area contributed by atoms with E-state index in [4.69, 9.17) is 11.6 Å². The summed E-state index contributed by atoms with van der Waals surface area (Å²) in [4.78, 5) is 27.4. The van der Waals surface area contributed by atoms with Crippen molar-refractivity contribution in [2.24, 2.45) is 5.92 Å². The average molecular weight is 438 g/mol. The smallest absolute Gasteiger partial charge is 0.312 e. The van der Waals surface area contributed by atoms with Crippen LogP contribution in [0.2, 0.25) is 5.02 Å². The van der Waals surface area contributed by atoms with Gasteiger partial charge in [-0.05, 0) is 26.0 Å². The summed E-state index contributed by atoms with van der Waals surface area (Å²) in [7, 11) is 0. The van der Waals surface area contributed by atoms with Gasteiger partial charge in [0.1, 0.15) is 17.2 Å². The first-order chi connectivity index (χ1) is 14.2. The van der Waals surface area contributed by atoms with Crippen LogP contribution in [0.1, 0.15) is 23.9 Å². The van der Waals surface area contributed by atoms with Crippen LogP contribution in [0.5, 0.6) is 0 Å². The fourth-order valence-electron chi connectivity index (χ4n) is 3.81. The Balaban J connectivity index is 1.57. The Bertz CT molecular complexity index is 936. The minimum Gasteiger partial charge on any atom is -0.340 e. The number of nitro groups is 1. The molecule has 3 rings (SSSR count). The van der Waals surface area contributed by atoms with Gasteiger partial charge in [0.05, 0.1) is 17.4 Å². The fourth-order valence-corrected chi connectivity index (χ4v) is 4.03. The molecule has 1 fully saturated rings. The zero-order valence-corrected chi connectivity index (χ0v) is 18.0. The van der Waals surface area contributed by atoms with E-state index in [1.165, 1.54) is 10.7 Å². The van der Waals surface area contributed by atoms with Gasteiger partial charge in [-0.2, -0.15) is 5.10 Å². The minimum atomic E-state index is -0.443. The molecule has 30 heavy (non-hydrogen) atoms. The summed E-state index contributed by atoms with van der Waals surface area (Å²) in [6.45, 7) is 8.03. The number of rotatable bonds is 6. The lowest BCUT2D eigenvalue weighted by atomic mass is 10.1. The van der Waals surface area contributed by atoms with Crippen molar-refractivity contribution >= 4 is 23.2 Å². The van der Waals surface area contributed by atoms with Gasteiger partial charge in [0.2, 0.25) is 5.91 Å². The van der Waals surface area contributed by atoms with E-state index in [0.29, 0.717) is 54.7 Å². The number of piperazine rings is 1. The van der Waals surface area contributed by atoms with Gasteiger partial charge in [-0.1, -0.05) is 24.6 Å². The van der Waals surface area contributed by atoms with E-state index in [9.17, 15) is 19.3 Å². The lowest BCUT2D eigenvalue weighted by Crippen LogP contribution is -2.50. The number of nitrogens with zero attached hydrogens (tertiary/aromatic N) is 5. The molecule has 1 amide bonds. The summed E-state index contributed by atoms with van der Waals surface area (Å²) in [5, 5.41) is 15.8. The van der Waals surface area contributed by atoms with Gasteiger partial charge in [-0.15, -0.1) is 0 Å². The number of halogens is 2. The molecule has 0 aliphatic carbocycles. The van der Waals surface area contributed by atoms with Gasteiger partial charge in [0.15, 0.2) is 0 Å². The summed E-state index contributed by atoms with van der Waals surface area (Å²) in [5.74, 6) is -0.711. The molecule has 1 atom stereocenters. The highest BCUT2D eigenvalue weighted by Gasteiger charge is 2.28. The van der Waals surface area contributed by atoms with Gasteiger partial charge in [-0.3, -0.25) is 24.5 Å². The number of amides is 1. The van der Waals surface area contributed by atoms with Crippen LogP contribution in [0.25, 0.3) is 0 Å². The van der Waals surface area contributed by atoms with Crippen molar-refractivity contribution in [1.82, 2.24) is 19.6 Å². The van der Waals surface area contributed by atoms with Crippen LogP contribution in [0.15, 0.2) is 18.2 Å². The molecule has 2 aromatic rings. The molecule has 2 heterocycles. The van der Waals surface area contributed by atoms with Crippen LogP contribution >= 0.6 is 11.6 Å². The Kier molecular flexibility index (Phi) is 6.72. The second-order valence-electron chi connectivity index (χ2n) is 7.66. The first kappa shape index (κ1) is 22.2. The molecule has 0 spiro atoms. The van der Waals surface area contributed by atoms with Crippen molar-refractivity contribution in [3.8, 4) is 0 Å². The third-order valence-corrected chi connectivity index (χ3v) is 5.88. The number of hydrogen-bond donors (Lipinski definition) is 0. The average Bonchev–Trinajstić information content (AvgIpc) is 2.98. The topological polar surface area (TPSA) is 84.5 Å². The van der Waals surface area contributed by atoms with Crippen LogP contribution in [0.3, 0.4) is 0 Å². The Labute approximate surface area is 179 Å². The number of benzene rings is 1. The zero-order chi connectivity index (χ0) is 22.0. The third-order valence-electron chi connectivity index (χ3n) is 5.52. The summed E-state index contributed by atoms with van der Waals surface area (Å²) in [5.41, 5.74) is 1.26. The summed E-state index contributed by atoms with van der Waals surface area (Å²) < 4.78 is 15.5. The molecule has 1 saturated heterocycles. The molecule has 1 aliphatic rings. The van der Waals surface area contributed by atoms with Gasteiger partial charge in [-0.25, -0.2) is 4.39 Å². The zero-order valence-electron chi connectivity index (χ0n) is 17.3. The monoisotopic (exact) mass is 437 g/mol. The van der Waals surface area contributed by atoms with Gasteiger partial charge < -0.3 is 4.90 Å². The van der Waals surface area contributed by atoms with E-state index >= 15 is 0 Å². The Hall–Kier alpha value is -2.52. The van der Waals surface area contributed by atoms with Crippen molar-refractivity contribution in [3.63, 3.8) is 0 Å². The van der Waals surface area contributed by atoms with E-state index in [1.54, 1.807) is 37.8 Å². The molecule has 10 heteroatoms. The van der Waals surface area contributed by atoms with Crippen LogP contribution in [-0.4, -0.2) is 56.6 Å². The molecular weight excluding hydrogens is 413 g/mol. The summed E-state index contributed by atoms with van der Waals surface area (Å²) >= 11 is 6.11. The summed E-state index contributed by atoms with van der Waals surface area (Å²) in [6.07, 6.45) is 0. The molecule has 0 bridgehead atoms. The SMILES string of the molecule is Cc1nn(CC(C)C(=O)N2CCN(Cc3c(F)cccc3Cl)CC2)c(C)c1[N+](=O)[O-]. The third kappa shape index (κ3) is 4.62. The van der Waals surface area contributed by atoms with Crippen molar-refractivity contribution in [2.75, 3.05) is 26.2 Å². The lowest BCUT2D eigenvalue weighted by molar-refractivity contribution is -0.386. The number of carbonyl (C=O) groups is 1. The predicted molar refractivity (Wildman–Crippen MR) is 111 cm³/mol. The first-order valence-corrected chi connectivity index (χ1v) is 10.2. The highest BCUT2D eigenvalue weighted by molar-refractivity contribution is 6.31. The van der Waals surface area contributed by atoms with Gasteiger partial charge in [0.25, 0.3) is 0 Å². The number of aryl methyl sites for hydroxylation is 1. The molecule has 0 saturated carbocycles. The van der Waals surface area contributed by atoms with E-state index in [1.807, 2.05) is 0 Å². The molecule has 1 aromatic heterocycles. The Morgan fingerprint density at radius 1 is 1.30 bits per heavy atom. The lowest BCUT2D eigenvalue weighted by Gasteiger charge is -2.36. The van der Waals surface area contributed by atoms with E-state index in [0.717, 1.165) is 0 Å². The first-order valence-electron chi connectivity index (χ1n) is 9.81. The van der Waals surface area contributed by atoms with Crippen molar-refractivity contribution < 1.29 is 14.1 Å². The Morgan fingerprint density at radius 3 is 2.53 bits per heavy atom. The highest BCUT2D eigenvalue weighted by atomic mass is 35.5. The van der Waals surface area contributed by atoms with Crippen LogP contribution < -0.4 is 0 Å². The number of carbonyl (C=O) groups excluding carboxylic acids is 1. The van der Waals surface area contributed by atoms with Crippen molar-refractivity contribution in [3.05, 3.63) is 56.1 Å². The van der Waals surface area contributed by atoms with Crippen LogP contribution in [-0.2, 0) is 17.9 Å². The van der Waals surface area contributed by atoms with Crippen molar-refractivity contribution in [2.45, 2.75) is 33.9 Å². The maximum Gasteiger partial charge on any atom is 0.312 e. The predicted octanol–water partition coefficient (Wildman–Crippen LogP) is 3.18. The standard InChI is InChI=1S/C20H25ClFN5O3/c1-13(11-26-15(3)19(27(29)30)14(2)23-26)20(28)25-9-7-24(8-10-25)12-16-17(21)5-4-6-18(16)22/h4-6,13H,7-12H2,1-3H3. The summed E-state index contributed by atoms with van der Waals surface area (Å²) in [6, 6.07) is 4.65. The van der Waals surface area contributed by atoms with Crippen LogP contribution in [0.4, 0.5) is 10.1 Å². The van der Waals surface area contributed by atoms with Crippen molar-refractivity contribution in [1.29, 1.82) is 0 Å². The molecular formula is C20H25ClFN5O3. The van der Waals surface area contributed by atoms with E-state index < -0.39 is 4.92 Å². The van der Waals surface area contributed by atoms with E-state index in [2.05, 4.69) is 10.00 Å². The van der Waals surface area contributed by atoms with Crippen LogP contribution in [0, 0.1) is 35.7 Å². The maximum absolute atomic E-state index is 14.0. The minimum absolute atomic E-state index is 0.00457. The number of hydrogen-bond acceptors (Lipinski definition) is 5. The fraction of sp³-hybridized carbons (Fsp3) is 0.500. The number of aromatic nitrogens is 2. The Morgan fingerprint density at radius 2 is 1.97 bits per heavy atom. The molecule has 0 N–H and O–H groups in total. The molecule has 8 nitrogen and oxygen atoms in total. The largest absolute Gasteiger partial charge is 0.340 e. The normalized spacial score (nSPS) is 16.0. The molecule has 1 aromatic carbocycles. The maximum atomic E-state index is 14.0. The van der Waals surface area contributed by atoms with Gasteiger partial charge in [0, 0.05) is 43.3 Å². The molecule has 162 valence electrons. The molecule has 1 unspecified atom stereocenters. The second kappa shape index (κ2) is 9.09.